The molecule has 0 aliphatic heterocycles. The van der Waals surface area contributed by atoms with Gasteiger partial charge in [-0.3, -0.25) is 4.79 Å². The smallest absolute Gasteiger partial charge is 0.255 e. The second kappa shape index (κ2) is 7.86. The fourth-order valence-electron chi connectivity index (χ4n) is 3.34. The van der Waals surface area contributed by atoms with E-state index in [2.05, 4.69) is 5.32 Å². The molecule has 0 atom stereocenters. The summed E-state index contributed by atoms with van der Waals surface area (Å²) >= 11 is 6.10. The number of nitrogens with one attached hydrogen (secondary N) is 1. The second-order valence-electron chi connectivity index (χ2n) is 7.78. The van der Waals surface area contributed by atoms with Crippen molar-refractivity contribution >= 4 is 33.0 Å². The zero-order valence-corrected chi connectivity index (χ0v) is 17.6. The number of benzene rings is 2. The maximum Gasteiger partial charge on any atom is 0.255 e. The van der Waals surface area contributed by atoms with Crippen LogP contribution in [0.4, 0.5) is 18.9 Å². The van der Waals surface area contributed by atoms with E-state index in [0.717, 1.165) is 6.07 Å². The van der Waals surface area contributed by atoms with Crippen molar-refractivity contribution in [1.29, 1.82) is 0 Å². The summed E-state index contributed by atoms with van der Waals surface area (Å²) in [5, 5.41) is 11.6. The Morgan fingerprint density at radius 1 is 1.13 bits per heavy atom. The number of amides is 1. The van der Waals surface area contributed by atoms with Crippen LogP contribution >= 0.6 is 11.6 Å². The third kappa shape index (κ3) is 3.93. The molecular weight excluding hydrogens is 443 g/mol. The van der Waals surface area contributed by atoms with Crippen molar-refractivity contribution < 1.29 is 31.5 Å². The van der Waals surface area contributed by atoms with Crippen LogP contribution in [0.5, 0.6) is 0 Å². The van der Waals surface area contributed by atoms with Crippen molar-refractivity contribution in [3.63, 3.8) is 0 Å². The first-order valence-corrected chi connectivity index (χ1v) is 10.9. The number of aliphatic hydroxyl groups is 1. The lowest BCUT2D eigenvalue weighted by Crippen LogP contribution is -2.48. The lowest BCUT2D eigenvalue weighted by Gasteiger charge is -2.42. The number of sulfone groups is 1. The Morgan fingerprint density at radius 3 is 2.23 bits per heavy atom. The molecule has 0 heterocycles. The summed E-state index contributed by atoms with van der Waals surface area (Å²) in [5.41, 5.74) is -0.452. The first kappa shape index (κ1) is 22.6. The Hall–Kier alpha value is -2.10. The van der Waals surface area contributed by atoms with E-state index >= 15 is 0 Å². The second-order valence-corrected chi connectivity index (χ2v) is 10.7. The van der Waals surface area contributed by atoms with Crippen molar-refractivity contribution in [3.8, 4) is 0 Å². The topological polar surface area (TPSA) is 83.5 Å². The summed E-state index contributed by atoms with van der Waals surface area (Å²) in [6.07, 6.45) is 0.130. The fourth-order valence-corrected chi connectivity index (χ4v) is 5.57. The van der Waals surface area contributed by atoms with Crippen LogP contribution in [-0.2, 0) is 9.84 Å². The van der Waals surface area contributed by atoms with Gasteiger partial charge < -0.3 is 10.4 Å². The number of anilines is 1. The number of hydrogen-bond acceptors (Lipinski definition) is 4. The Labute approximate surface area is 176 Å². The molecule has 1 aliphatic rings. The van der Waals surface area contributed by atoms with Crippen molar-refractivity contribution in [1.82, 2.24) is 0 Å². The van der Waals surface area contributed by atoms with Crippen molar-refractivity contribution in [3.05, 3.63) is 58.4 Å². The summed E-state index contributed by atoms with van der Waals surface area (Å²) in [7, 11) is -3.99. The van der Waals surface area contributed by atoms with Gasteiger partial charge in [0.15, 0.2) is 27.3 Å². The quantitative estimate of drug-likeness (QED) is 0.649. The van der Waals surface area contributed by atoms with Gasteiger partial charge in [0.2, 0.25) is 0 Å². The third-order valence-electron chi connectivity index (χ3n) is 5.51. The average Bonchev–Trinajstić information content (AvgIpc) is 2.63. The molecule has 3 rings (SSSR count). The largest absolute Gasteiger partial charge is 0.393 e. The van der Waals surface area contributed by atoms with Gasteiger partial charge in [-0.25, -0.2) is 21.6 Å². The molecule has 10 heteroatoms. The van der Waals surface area contributed by atoms with Crippen molar-refractivity contribution in [2.75, 3.05) is 5.32 Å². The highest BCUT2D eigenvalue weighted by atomic mass is 35.5. The molecule has 5 nitrogen and oxygen atoms in total. The first-order chi connectivity index (χ1) is 13.8. The number of carbonyl (C=O) groups is 1. The molecule has 1 fully saturated rings. The Morgan fingerprint density at radius 2 is 1.70 bits per heavy atom. The predicted octanol–water partition coefficient (Wildman–Crippen LogP) is 4.33. The average molecular weight is 462 g/mol. The maximum atomic E-state index is 13.4. The minimum absolute atomic E-state index is 0.0848. The zero-order valence-electron chi connectivity index (χ0n) is 16.0. The molecule has 0 bridgehead atoms. The van der Waals surface area contributed by atoms with Gasteiger partial charge in [-0.2, -0.15) is 0 Å². The van der Waals surface area contributed by atoms with E-state index in [-0.39, 0.29) is 27.1 Å². The van der Waals surface area contributed by atoms with Gasteiger partial charge in [-0.15, -0.1) is 0 Å². The molecule has 0 aromatic heterocycles. The number of halogens is 4. The standard InChI is InChI=1S/C20H19ClF3NO4S/c1-20(2,11-6-13(26)7-11)30(28,29)17-5-10(3-4-14(17)21)19(27)25-12-8-15(22)18(24)16(23)9-12/h3-5,8-9,11,13,26H,6-7H2,1-2H3,(H,25,27)/t11-,13+. The molecule has 1 amide bonds. The van der Waals surface area contributed by atoms with Gasteiger partial charge in [-0.1, -0.05) is 11.6 Å². The normalized spacial score (nSPS) is 19.3. The van der Waals surface area contributed by atoms with Gasteiger partial charge in [0.05, 0.1) is 20.8 Å². The number of carbonyl (C=O) groups excluding carboxylic acids is 1. The van der Waals surface area contributed by atoms with Crippen LogP contribution < -0.4 is 5.32 Å². The van der Waals surface area contributed by atoms with Gasteiger partial charge in [0.1, 0.15) is 0 Å². The lowest BCUT2D eigenvalue weighted by molar-refractivity contribution is 0.0279. The molecule has 0 spiro atoms. The maximum absolute atomic E-state index is 13.4. The van der Waals surface area contributed by atoms with E-state index in [0.29, 0.717) is 25.0 Å². The van der Waals surface area contributed by atoms with Gasteiger partial charge >= 0.3 is 0 Å². The lowest BCUT2D eigenvalue weighted by atomic mass is 9.75. The molecule has 162 valence electrons. The first-order valence-electron chi connectivity index (χ1n) is 9.02. The van der Waals surface area contributed by atoms with E-state index in [4.69, 9.17) is 11.6 Å². The van der Waals surface area contributed by atoms with Crippen molar-refractivity contribution in [2.45, 2.75) is 42.4 Å². The van der Waals surface area contributed by atoms with Gasteiger partial charge in [0, 0.05) is 23.4 Å². The summed E-state index contributed by atoms with van der Waals surface area (Å²) < 4.78 is 65.0. The monoisotopic (exact) mass is 461 g/mol. The van der Waals surface area contributed by atoms with Crippen LogP contribution in [0.1, 0.15) is 37.0 Å². The van der Waals surface area contributed by atoms with Crippen molar-refractivity contribution in [2.24, 2.45) is 5.92 Å². The molecule has 1 aliphatic carbocycles. The van der Waals surface area contributed by atoms with Gasteiger partial charge in [0.25, 0.3) is 5.91 Å². The van der Waals surface area contributed by atoms with Crippen LogP contribution in [0.3, 0.4) is 0 Å². The number of aliphatic hydroxyl groups excluding tert-OH is 1. The van der Waals surface area contributed by atoms with Crippen LogP contribution in [0.2, 0.25) is 5.02 Å². The Balaban J connectivity index is 1.92. The summed E-state index contributed by atoms with van der Waals surface area (Å²) in [4.78, 5) is 12.2. The SMILES string of the molecule is CC(C)([C@H]1C[C@@H](O)C1)S(=O)(=O)c1cc(C(=O)Nc2cc(F)c(F)c(F)c2)ccc1Cl. The number of hydrogen-bond donors (Lipinski definition) is 2. The molecule has 2 N–H and O–H groups in total. The number of rotatable bonds is 5. The summed E-state index contributed by atoms with van der Waals surface area (Å²) in [5.74, 6) is -5.76. The highest BCUT2D eigenvalue weighted by Crippen LogP contribution is 2.44. The minimum Gasteiger partial charge on any atom is -0.393 e. The minimum atomic E-state index is -3.99. The highest BCUT2D eigenvalue weighted by Gasteiger charge is 2.48. The van der Waals surface area contributed by atoms with E-state index in [9.17, 15) is 31.5 Å². The van der Waals surface area contributed by atoms with E-state index in [1.54, 1.807) is 0 Å². The molecular formula is C20H19ClF3NO4S. The molecule has 0 saturated heterocycles. The van der Waals surface area contributed by atoms with E-state index in [1.807, 2.05) is 0 Å². The molecule has 0 radical (unpaired) electrons. The zero-order chi connectivity index (χ0) is 22.4. The van der Waals surface area contributed by atoms with Crippen LogP contribution in [0.15, 0.2) is 35.2 Å². The molecule has 2 aromatic carbocycles. The van der Waals surface area contributed by atoms with Crippen LogP contribution in [-0.4, -0.2) is 30.3 Å². The molecule has 30 heavy (non-hydrogen) atoms. The van der Waals surface area contributed by atoms with E-state index in [1.165, 1.54) is 26.0 Å². The fraction of sp³-hybridized carbons (Fsp3) is 0.350. The van der Waals surface area contributed by atoms with Gasteiger partial charge in [-0.05, 0) is 50.8 Å². The predicted molar refractivity (Wildman–Crippen MR) is 106 cm³/mol. The van der Waals surface area contributed by atoms with Crippen LogP contribution in [0.25, 0.3) is 0 Å². The van der Waals surface area contributed by atoms with Crippen LogP contribution in [0, 0.1) is 23.4 Å². The Kier molecular flexibility index (Phi) is 5.92. The molecule has 2 aromatic rings. The summed E-state index contributed by atoms with van der Waals surface area (Å²) in [6, 6.07) is 4.79. The Bertz CT molecular complexity index is 1090. The highest BCUT2D eigenvalue weighted by molar-refractivity contribution is 7.93. The molecule has 0 unspecified atom stereocenters. The third-order valence-corrected chi connectivity index (χ3v) is 8.59. The van der Waals surface area contributed by atoms with E-state index < -0.39 is 44.0 Å². The molecule has 1 saturated carbocycles. The summed E-state index contributed by atoms with van der Waals surface area (Å²) in [6.45, 7) is 3.07.